The Hall–Kier alpha value is -1.16. The van der Waals surface area contributed by atoms with Gasteiger partial charge < -0.3 is 4.74 Å². The molecule has 78 valence electrons. The summed E-state index contributed by atoms with van der Waals surface area (Å²) in [5.41, 5.74) is 0.959. The lowest BCUT2D eigenvalue weighted by molar-refractivity contribution is -0.120. The van der Waals surface area contributed by atoms with Crippen LogP contribution < -0.4 is 0 Å². The number of ketones is 1. The standard InChI is InChI=1S/C10H16N2O2/c1-8(14-3)4-10(13)5-9-6-11-12(2)7-9/h6-8H,4-5H2,1-3H3. The monoisotopic (exact) mass is 196 g/mol. The van der Waals surface area contributed by atoms with Gasteiger partial charge in [-0.3, -0.25) is 9.48 Å². The van der Waals surface area contributed by atoms with Crippen LogP contribution in [0.15, 0.2) is 12.4 Å². The average Bonchev–Trinajstić information content (AvgIpc) is 2.50. The van der Waals surface area contributed by atoms with Crippen molar-refractivity contribution in [3.8, 4) is 0 Å². The Morgan fingerprint density at radius 3 is 2.93 bits per heavy atom. The first-order chi connectivity index (χ1) is 6.61. The van der Waals surface area contributed by atoms with E-state index in [2.05, 4.69) is 5.10 Å². The Morgan fingerprint density at radius 2 is 2.43 bits per heavy atom. The molecule has 0 saturated carbocycles. The van der Waals surface area contributed by atoms with Crippen molar-refractivity contribution in [1.82, 2.24) is 9.78 Å². The lowest BCUT2D eigenvalue weighted by Crippen LogP contribution is -2.13. The van der Waals surface area contributed by atoms with E-state index in [1.54, 1.807) is 18.0 Å². The summed E-state index contributed by atoms with van der Waals surface area (Å²) < 4.78 is 6.72. The topological polar surface area (TPSA) is 44.1 Å². The maximum absolute atomic E-state index is 11.5. The number of hydrogen-bond donors (Lipinski definition) is 0. The van der Waals surface area contributed by atoms with E-state index in [1.165, 1.54) is 0 Å². The van der Waals surface area contributed by atoms with E-state index in [-0.39, 0.29) is 11.9 Å². The number of carbonyl (C=O) groups is 1. The highest BCUT2D eigenvalue weighted by Crippen LogP contribution is 2.03. The molecule has 0 saturated heterocycles. The molecule has 14 heavy (non-hydrogen) atoms. The Bertz CT molecular complexity index is 307. The molecule has 1 rings (SSSR count). The van der Waals surface area contributed by atoms with Crippen molar-refractivity contribution < 1.29 is 9.53 Å². The summed E-state index contributed by atoms with van der Waals surface area (Å²) in [4.78, 5) is 11.5. The van der Waals surface area contributed by atoms with Gasteiger partial charge in [-0.25, -0.2) is 0 Å². The molecule has 1 unspecified atom stereocenters. The normalized spacial score (nSPS) is 12.8. The first-order valence-corrected chi connectivity index (χ1v) is 4.64. The second kappa shape index (κ2) is 4.91. The molecular weight excluding hydrogens is 180 g/mol. The Balaban J connectivity index is 2.41. The molecule has 0 fully saturated rings. The molecule has 0 radical (unpaired) electrons. The highest BCUT2D eigenvalue weighted by atomic mass is 16.5. The van der Waals surface area contributed by atoms with Crippen LogP contribution in [0.1, 0.15) is 18.9 Å². The largest absolute Gasteiger partial charge is 0.381 e. The first kappa shape index (κ1) is 10.9. The van der Waals surface area contributed by atoms with Crippen LogP contribution in [0.4, 0.5) is 0 Å². The summed E-state index contributed by atoms with van der Waals surface area (Å²) in [6.45, 7) is 1.89. The van der Waals surface area contributed by atoms with Gasteiger partial charge in [0.2, 0.25) is 0 Å². The van der Waals surface area contributed by atoms with Crippen LogP contribution in [0.2, 0.25) is 0 Å². The SMILES string of the molecule is COC(C)CC(=O)Cc1cnn(C)c1. The fourth-order valence-corrected chi connectivity index (χ4v) is 1.27. The van der Waals surface area contributed by atoms with Crippen LogP contribution in [0.5, 0.6) is 0 Å². The quantitative estimate of drug-likeness (QED) is 0.704. The summed E-state index contributed by atoms with van der Waals surface area (Å²) in [6, 6.07) is 0. The number of methoxy groups -OCH3 is 1. The van der Waals surface area contributed by atoms with E-state index in [0.29, 0.717) is 12.8 Å². The van der Waals surface area contributed by atoms with Gasteiger partial charge in [-0.05, 0) is 12.5 Å². The van der Waals surface area contributed by atoms with Crippen molar-refractivity contribution in [3.05, 3.63) is 18.0 Å². The van der Waals surface area contributed by atoms with Gasteiger partial charge in [0, 0.05) is 33.2 Å². The third-order valence-corrected chi connectivity index (χ3v) is 2.08. The van der Waals surface area contributed by atoms with Gasteiger partial charge in [0.15, 0.2) is 0 Å². The molecule has 1 atom stereocenters. The lowest BCUT2D eigenvalue weighted by Gasteiger charge is -2.06. The molecule has 0 aromatic carbocycles. The predicted molar refractivity (Wildman–Crippen MR) is 53.0 cm³/mol. The molecule has 0 bridgehead atoms. The second-order valence-corrected chi connectivity index (χ2v) is 3.49. The summed E-state index contributed by atoms with van der Waals surface area (Å²) in [5.74, 6) is 0.187. The number of carbonyl (C=O) groups excluding carboxylic acids is 1. The van der Waals surface area contributed by atoms with E-state index >= 15 is 0 Å². The first-order valence-electron chi connectivity index (χ1n) is 4.64. The predicted octanol–water partition coefficient (Wildman–Crippen LogP) is 0.957. The molecule has 0 N–H and O–H groups in total. The van der Waals surface area contributed by atoms with Crippen LogP contribution in [-0.4, -0.2) is 28.8 Å². The molecule has 4 nitrogen and oxygen atoms in total. The van der Waals surface area contributed by atoms with Crippen molar-refractivity contribution in [2.24, 2.45) is 7.05 Å². The zero-order valence-electron chi connectivity index (χ0n) is 8.86. The van der Waals surface area contributed by atoms with Crippen LogP contribution in [-0.2, 0) is 23.0 Å². The molecule has 1 heterocycles. The molecule has 0 aliphatic rings. The lowest BCUT2D eigenvalue weighted by atomic mass is 10.1. The second-order valence-electron chi connectivity index (χ2n) is 3.49. The fourth-order valence-electron chi connectivity index (χ4n) is 1.27. The van der Waals surface area contributed by atoms with Crippen LogP contribution >= 0.6 is 0 Å². The minimum atomic E-state index is -0.000767. The third kappa shape index (κ3) is 3.30. The number of hydrogen-bond acceptors (Lipinski definition) is 3. The molecule has 0 aliphatic heterocycles. The number of Topliss-reactive ketones (excluding diaryl/α,β-unsaturated/α-hetero) is 1. The average molecular weight is 196 g/mol. The Kier molecular flexibility index (Phi) is 3.83. The van der Waals surface area contributed by atoms with Crippen molar-refractivity contribution in [2.45, 2.75) is 25.9 Å². The number of aromatic nitrogens is 2. The van der Waals surface area contributed by atoms with Gasteiger partial charge in [0.1, 0.15) is 5.78 Å². The highest BCUT2D eigenvalue weighted by Gasteiger charge is 2.09. The number of aryl methyl sites for hydroxylation is 1. The van der Waals surface area contributed by atoms with E-state index in [1.807, 2.05) is 20.2 Å². The third-order valence-electron chi connectivity index (χ3n) is 2.08. The number of ether oxygens (including phenoxy) is 1. The molecule has 1 aromatic heterocycles. The van der Waals surface area contributed by atoms with E-state index in [9.17, 15) is 4.79 Å². The van der Waals surface area contributed by atoms with Crippen molar-refractivity contribution in [1.29, 1.82) is 0 Å². The Morgan fingerprint density at radius 1 is 1.71 bits per heavy atom. The van der Waals surface area contributed by atoms with E-state index < -0.39 is 0 Å². The molecule has 0 spiro atoms. The number of nitrogens with zero attached hydrogens (tertiary/aromatic N) is 2. The zero-order chi connectivity index (χ0) is 10.6. The zero-order valence-corrected chi connectivity index (χ0v) is 8.86. The van der Waals surface area contributed by atoms with Crippen molar-refractivity contribution in [2.75, 3.05) is 7.11 Å². The fraction of sp³-hybridized carbons (Fsp3) is 0.600. The maximum atomic E-state index is 11.5. The van der Waals surface area contributed by atoms with Crippen LogP contribution in [0.25, 0.3) is 0 Å². The van der Waals surface area contributed by atoms with Crippen LogP contribution in [0.3, 0.4) is 0 Å². The summed E-state index contributed by atoms with van der Waals surface area (Å²) in [5, 5.41) is 4.00. The smallest absolute Gasteiger partial charge is 0.139 e. The highest BCUT2D eigenvalue weighted by molar-refractivity contribution is 5.81. The van der Waals surface area contributed by atoms with E-state index in [4.69, 9.17) is 4.74 Å². The molecule has 4 heteroatoms. The van der Waals surface area contributed by atoms with Crippen molar-refractivity contribution >= 4 is 5.78 Å². The Labute approximate surface area is 83.9 Å². The van der Waals surface area contributed by atoms with Crippen LogP contribution in [0, 0.1) is 0 Å². The van der Waals surface area contributed by atoms with Gasteiger partial charge in [0.25, 0.3) is 0 Å². The molecule has 0 amide bonds. The molecule has 0 aliphatic carbocycles. The maximum Gasteiger partial charge on any atom is 0.139 e. The van der Waals surface area contributed by atoms with Gasteiger partial charge in [0.05, 0.1) is 12.3 Å². The molecule has 1 aromatic rings. The van der Waals surface area contributed by atoms with Gasteiger partial charge in [-0.1, -0.05) is 0 Å². The van der Waals surface area contributed by atoms with Gasteiger partial charge in [-0.2, -0.15) is 5.10 Å². The van der Waals surface area contributed by atoms with Crippen molar-refractivity contribution in [3.63, 3.8) is 0 Å². The minimum absolute atomic E-state index is 0.000767. The van der Waals surface area contributed by atoms with Gasteiger partial charge >= 0.3 is 0 Å². The van der Waals surface area contributed by atoms with E-state index in [0.717, 1.165) is 5.56 Å². The molecular formula is C10H16N2O2. The number of rotatable bonds is 5. The van der Waals surface area contributed by atoms with Gasteiger partial charge in [-0.15, -0.1) is 0 Å². The summed E-state index contributed by atoms with van der Waals surface area (Å²) >= 11 is 0. The summed E-state index contributed by atoms with van der Waals surface area (Å²) in [6.07, 6.45) is 4.48. The minimum Gasteiger partial charge on any atom is -0.381 e. The summed E-state index contributed by atoms with van der Waals surface area (Å²) in [7, 11) is 3.45.